The van der Waals surface area contributed by atoms with Gasteiger partial charge in [0.1, 0.15) is 11.6 Å². The molecule has 0 spiro atoms. The average molecular weight is 400 g/mol. The van der Waals surface area contributed by atoms with E-state index in [0.29, 0.717) is 22.7 Å². The molecule has 0 saturated heterocycles. The lowest BCUT2D eigenvalue weighted by Gasteiger charge is -2.10. The average Bonchev–Trinajstić information content (AvgIpc) is 2.70. The van der Waals surface area contributed by atoms with E-state index in [1.807, 2.05) is 0 Å². The molecular formula is C20H17FN2O4S. The summed E-state index contributed by atoms with van der Waals surface area (Å²) in [5.74, 6) is -0.238. The topological polar surface area (TPSA) is 84.5 Å². The van der Waals surface area contributed by atoms with Gasteiger partial charge in [-0.25, -0.2) is 12.8 Å². The minimum atomic E-state index is -3.77. The molecule has 1 amide bonds. The van der Waals surface area contributed by atoms with Gasteiger partial charge in [0.15, 0.2) is 0 Å². The van der Waals surface area contributed by atoms with Crippen LogP contribution in [-0.2, 0) is 10.0 Å². The van der Waals surface area contributed by atoms with Crippen LogP contribution < -0.4 is 14.8 Å². The highest BCUT2D eigenvalue weighted by atomic mass is 32.2. The van der Waals surface area contributed by atoms with Crippen molar-refractivity contribution in [1.82, 2.24) is 0 Å². The molecule has 2 N–H and O–H groups in total. The zero-order valence-corrected chi connectivity index (χ0v) is 15.7. The van der Waals surface area contributed by atoms with Crippen LogP contribution in [0, 0.1) is 5.82 Å². The van der Waals surface area contributed by atoms with Crippen LogP contribution in [0.3, 0.4) is 0 Å². The molecule has 3 aromatic rings. The molecule has 3 rings (SSSR count). The molecule has 0 bridgehead atoms. The summed E-state index contributed by atoms with van der Waals surface area (Å²) < 4.78 is 45.2. The van der Waals surface area contributed by atoms with Gasteiger partial charge in [0.05, 0.1) is 12.0 Å². The van der Waals surface area contributed by atoms with Crippen LogP contribution in [0.2, 0.25) is 0 Å². The third-order valence-electron chi connectivity index (χ3n) is 3.87. The zero-order chi connectivity index (χ0) is 20.1. The van der Waals surface area contributed by atoms with Crippen LogP contribution in [0.4, 0.5) is 15.8 Å². The van der Waals surface area contributed by atoms with Gasteiger partial charge in [0, 0.05) is 16.9 Å². The molecule has 0 aliphatic rings. The van der Waals surface area contributed by atoms with Gasteiger partial charge in [0.2, 0.25) is 0 Å². The fourth-order valence-electron chi connectivity index (χ4n) is 2.40. The minimum absolute atomic E-state index is 0.0893. The first kappa shape index (κ1) is 19.4. The first-order valence-electron chi connectivity index (χ1n) is 8.21. The molecule has 0 heterocycles. The standard InChI is InChI=1S/C20H17FN2O4S/c1-27-18-10-12-19(13-11-18)28(25,26)23-17-6-2-14(3-7-17)20(24)22-16-8-4-15(21)5-9-16/h2-13,23H,1H3,(H,22,24). The number of carbonyl (C=O) groups is 1. The Morgan fingerprint density at radius 2 is 1.43 bits per heavy atom. The van der Waals surface area contributed by atoms with Crippen molar-refractivity contribution in [2.75, 3.05) is 17.1 Å². The molecule has 144 valence electrons. The summed E-state index contributed by atoms with van der Waals surface area (Å²) in [5, 5.41) is 2.63. The summed E-state index contributed by atoms with van der Waals surface area (Å²) >= 11 is 0. The van der Waals surface area contributed by atoms with Crippen molar-refractivity contribution in [3.8, 4) is 5.75 Å². The maximum Gasteiger partial charge on any atom is 0.261 e. The minimum Gasteiger partial charge on any atom is -0.497 e. The number of ether oxygens (including phenoxy) is 1. The second-order valence-electron chi connectivity index (χ2n) is 5.82. The predicted octanol–water partition coefficient (Wildman–Crippen LogP) is 3.89. The SMILES string of the molecule is COc1ccc(S(=O)(=O)Nc2ccc(C(=O)Nc3ccc(F)cc3)cc2)cc1. The Balaban J connectivity index is 1.69. The van der Waals surface area contributed by atoms with Gasteiger partial charge in [-0.05, 0) is 72.8 Å². The van der Waals surface area contributed by atoms with E-state index in [-0.39, 0.29) is 4.90 Å². The second-order valence-corrected chi connectivity index (χ2v) is 7.50. The molecule has 0 aliphatic heterocycles. The monoisotopic (exact) mass is 400 g/mol. The number of rotatable bonds is 6. The Morgan fingerprint density at radius 1 is 0.857 bits per heavy atom. The lowest BCUT2D eigenvalue weighted by atomic mass is 10.2. The number of sulfonamides is 1. The summed E-state index contributed by atoms with van der Waals surface area (Å²) in [6.07, 6.45) is 0. The van der Waals surface area contributed by atoms with Gasteiger partial charge < -0.3 is 10.1 Å². The fraction of sp³-hybridized carbons (Fsp3) is 0.0500. The van der Waals surface area contributed by atoms with Crippen molar-refractivity contribution in [2.45, 2.75) is 4.90 Å². The van der Waals surface area contributed by atoms with Crippen LogP contribution in [-0.4, -0.2) is 21.4 Å². The summed E-state index contributed by atoms with van der Waals surface area (Å²) in [5.41, 5.74) is 1.10. The number of hydrogen-bond acceptors (Lipinski definition) is 4. The Bertz CT molecular complexity index is 1060. The van der Waals surface area contributed by atoms with Gasteiger partial charge in [-0.15, -0.1) is 0 Å². The Kier molecular flexibility index (Phi) is 5.60. The third-order valence-corrected chi connectivity index (χ3v) is 5.27. The smallest absolute Gasteiger partial charge is 0.261 e. The summed E-state index contributed by atoms with van der Waals surface area (Å²) in [4.78, 5) is 12.3. The summed E-state index contributed by atoms with van der Waals surface area (Å²) in [6, 6.07) is 17.3. The number of carbonyl (C=O) groups excluding carboxylic acids is 1. The molecule has 0 aromatic heterocycles. The van der Waals surface area contributed by atoms with Gasteiger partial charge in [0.25, 0.3) is 15.9 Å². The molecule has 0 aliphatic carbocycles. The molecular weight excluding hydrogens is 383 g/mol. The van der Waals surface area contributed by atoms with Crippen LogP contribution in [0.25, 0.3) is 0 Å². The highest BCUT2D eigenvalue weighted by Gasteiger charge is 2.15. The molecule has 28 heavy (non-hydrogen) atoms. The van der Waals surface area contributed by atoms with E-state index in [4.69, 9.17) is 4.74 Å². The molecule has 3 aromatic carbocycles. The lowest BCUT2D eigenvalue weighted by Crippen LogP contribution is -2.14. The van der Waals surface area contributed by atoms with Crippen molar-refractivity contribution >= 4 is 27.3 Å². The number of methoxy groups -OCH3 is 1. The van der Waals surface area contributed by atoms with Crippen LogP contribution in [0.1, 0.15) is 10.4 Å². The van der Waals surface area contributed by atoms with Crippen molar-refractivity contribution < 1.29 is 22.3 Å². The van der Waals surface area contributed by atoms with E-state index in [1.165, 1.54) is 67.8 Å². The number of benzene rings is 3. The van der Waals surface area contributed by atoms with Crippen molar-refractivity contribution in [2.24, 2.45) is 0 Å². The van der Waals surface area contributed by atoms with E-state index in [2.05, 4.69) is 10.0 Å². The van der Waals surface area contributed by atoms with Crippen LogP contribution in [0.5, 0.6) is 5.75 Å². The maximum atomic E-state index is 12.9. The molecule has 0 unspecified atom stereocenters. The van der Waals surface area contributed by atoms with Crippen molar-refractivity contribution in [3.63, 3.8) is 0 Å². The van der Waals surface area contributed by atoms with Crippen LogP contribution >= 0.6 is 0 Å². The Hall–Kier alpha value is -3.39. The maximum absolute atomic E-state index is 12.9. The molecule has 0 atom stereocenters. The number of nitrogens with one attached hydrogen (secondary N) is 2. The largest absolute Gasteiger partial charge is 0.497 e. The van der Waals surface area contributed by atoms with E-state index in [0.717, 1.165) is 0 Å². The molecule has 0 saturated carbocycles. The Labute approximate surface area is 162 Å². The Morgan fingerprint density at radius 3 is 2.00 bits per heavy atom. The lowest BCUT2D eigenvalue weighted by molar-refractivity contribution is 0.102. The van der Waals surface area contributed by atoms with Gasteiger partial charge in [-0.3, -0.25) is 9.52 Å². The van der Waals surface area contributed by atoms with E-state index in [1.54, 1.807) is 12.1 Å². The number of hydrogen-bond donors (Lipinski definition) is 2. The van der Waals surface area contributed by atoms with Gasteiger partial charge in [-0.2, -0.15) is 0 Å². The number of amides is 1. The predicted molar refractivity (Wildman–Crippen MR) is 105 cm³/mol. The molecule has 6 nitrogen and oxygen atoms in total. The number of halogens is 1. The van der Waals surface area contributed by atoms with Crippen molar-refractivity contribution in [1.29, 1.82) is 0 Å². The summed E-state index contributed by atoms with van der Waals surface area (Å²) in [6.45, 7) is 0. The second kappa shape index (κ2) is 8.10. The number of anilines is 2. The van der Waals surface area contributed by atoms with E-state index < -0.39 is 21.7 Å². The first-order valence-corrected chi connectivity index (χ1v) is 9.69. The van der Waals surface area contributed by atoms with E-state index >= 15 is 0 Å². The molecule has 8 heteroatoms. The fourth-order valence-corrected chi connectivity index (χ4v) is 3.45. The van der Waals surface area contributed by atoms with Crippen molar-refractivity contribution in [3.05, 3.63) is 84.2 Å². The van der Waals surface area contributed by atoms with Crippen LogP contribution in [0.15, 0.2) is 77.7 Å². The third kappa shape index (κ3) is 4.66. The van der Waals surface area contributed by atoms with Gasteiger partial charge in [-0.1, -0.05) is 0 Å². The highest BCUT2D eigenvalue weighted by molar-refractivity contribution is 7.92. The normalized spacial score (nSPS) is 10.9. The van der Waals surface area contributed by atoms with E-state index in [9.17, 15) is 17.6 Å². The quantitative estimate of drug-likeness (QED) is 0.658. The highest BCUT2D eigenvalue weighted by Crippen LogP contribution is 2.20. The zero-order valence-electron chi connectivity index (χ0n) is 14.8. The van der Waals surface area contributed by atoms with Gasteiger partial charge >= 0.3 is 0 Å². The molecule has 0 fully saturated rings. The first-order chi connectivity index (χ1) is 13.4. The summed E-state index contributed by atoms with van der Waals surface area (Å²) in [7, 11) is -2.27. The molecule has 0 radical (unpaired) electrons.